The van der Waals surface area contributed by atoms with E-state index in [1.54, 1.807) is 0 Å². The van der Waals surface area contributed by atoms with Crippen LogP contribution in [0.4, 0.5) is 17.1 Å². The van der Waals surface area contributed by atoms with Gasteiger partial charge in [0.2, 0.25) is 0 Å². The lowest BCUT2D eigenvalue weighted by Gasteiger charge is -2.46. The van der Waals surface area contributed by atoms with Gasteiger partial charge >= 0.3 is 0 Å². The van der Waals surface area contributed by atoms with E-state index < -0.39 is 5.41 Å². The molecule has 1 heteroatoms. The SMILES string of the molecule is CC1(C)c2cc(-c3cccc4c3-c3ccccc3C43c4ccccc4C(C)(C)c4ccccc43)ccc2-c2ccc(N(c3ccc(-c4ccccc4)cc3)c3ccc(-c4ccccc4)cc3)cc21. The van der Waals surface area contributed by atoms with Gasteiger partial charge in [-0.25, -0.2) is 0 Å². The van der Waals surface area contributed by atoms with Gasteiger partial charge in [-0.3, -0.25) is 0 Å². The van der Waals surface area contributed by atoms with Gasteiger partial charge in [-0.15, -0.1) is 0 Å². The fourth-order valence-electron chi connectivity index (χ4n) is 12.5. The predicted molar refractivity (Wildman–Crippen MR) is 284 cm³/mol. The van der Waals surface area contributed by atoms with E-state index in [4.69, 9.17) is 0 Å². The minimum absolute atomic E-state index is 0.134. The lowest BCUT2D eigenvalue weighted by molar-refractivity contribution is 0.563. The quantitative estimate of drug-likeness (QED) is 0.161. The van der Waals surface area contributed by atoms with Crippen molar-refractivity contribution in [2.45, 2.75) is 43.9 Å². The predicted octanol–water partition coefficient (Wildman–Crippen LogP) is 17.5. The molecule has 0 bridgehead atoms. The van der Waals surface area contributed by atoms with Crippen molar-refractivity contribution in [3.05, 3.63) is 281 Å². The van der Waals surface area contributed by atoms with E-state index in [1.165, 1.54) is 100 Å². The molecule has 0 radical (unpaired) electrons. The van der Waals surface area contributed by atoms with Crippen molar-refractivity contribution in [3.63, 3.8) is 0 Å². The molecule has 0 saturated carbocycles. The third-order valence-electron chi connectivity index (χ3n) is 15.8. The largest absolute Gasteiger partial charge is 0.310 e. The Bertz CT molecular complexity index is 3460. The first-order valence-corrected chi connectivity index (χ1v) is 24.1. The molecule has 0 aliphatic heterocycles. The minimum Gasteiger partial charge on any atom is -0.310 e. The van der Waals surface area contributed by atoms with E-state index in [9.17, 15) is 0 Å². The summed E-state index contributed by atoms with van der Waals surface area (Å²) in [4.78, 5) is 2.41. The van der Waals surface area contributed by atoms with Crippen molar-refractivity contribution in [2.75, 3.05) is 4.90 Å². The summed E-state index contributed by atoms with van der Waals surface area (Å²) in [6, 6.07) is 88.5. The van der Waals surface area contributed by atoms with Crippen LogP contribution in [0.1, 0.15) is 72.2 Å². The van der Waals surface area contributed by atoms with Crippen LogP contribution in [0.2, 0.25) is 0 Å². The molecule has 13 rings (SSSR count). The fourth-order valence-corrected chi connectivity index (χ4v) is 12.5. The number of fused-ring (bicyclic) bond motifs is 12. The third kappa shape index (κ3) is 5.75. The topological polar surface area (TPSA) is 3.24 Å². The molecule has 3 aliphatic carbocycles. The smallest absolute Gasteiger partial charge is 0.0719 e. The molecule has 0 fully saturated rings. The molecule has 68 heavy (non-hydrogen) atoms. The van der Waals surface area contributed by atoms with Crippen LogP contribution in [0.15, 0.2) is 237 Å². The van der Waals surface area contributed by atoms with Gasteiger partial charge in [0.1, 0.15) is 0 Å². The number of anilines is 3. The van der Waals surface area contributed by atoms with E-state index in [1.807, 2.05) is 0 Å². The van der Waals surface area contributed by atoms with E-state index in [0.717, 1.165) is 17.1 Å². The highest BCUT2D eigenvalue weighted by Crippen LogP contribution is 2.63. The minimum atomic E-state index is -0.428. The van der Waals surface area contributed by atoms with Gasteiger partial charge < -0.3 is 4.90 Å². The summed E-state index contributed by atoms with van der Waals surface area (Å²) in [5, 5.41) is 0. The van der Waals surface area contributed by atoms with Crippen LogP contribution in [0.25, 0.3) is 55.6 Å². The van der Waals surface area contributed by atoms with Crippen molar-refractivity contribution in [1.29, 1.82) is 0 Å². The van der Waals surface area contributed by atoms with Crippen LogP contribution >= 0.6 is 0 Å². The first-order chi connectivity index (χ1) is 33.2. The molecule has 0 heterocycles. The molecule has 3 aliphatic rings. The Morgan fingerprint density at radius 1 is 0.250 bits per heavy atom. The van der Waals surface area contributed by atoms with Gasteiger partial charge in [-0.05, 0) is 143 Å². The molecule has 1 nitrogen and oxygen atoms in total. The van der Waals surface area contributed by atoms with E-state index >= 15 is 0 Å². The zero-order chi connectivity index (χ0) is 45.8. The molecular formula is C67H51N. The average Bonchev–Trinajstić information content (AvgIpc) is 3.82. The van der Waals surface area contributed by atoms with Gasteiger partial charge in [-0.1, -0.05) is 222 Å². The summed E-state index contributed by atoms with van der Waals surface area (Å²) < 4.78 is 0. The van der Waals surface area contributed by atoms with Crippen molar-refractivity contribution in [3.8, 4) is 55.6 Å². The van der Waals surface area contributed by atoms with Gasteiger partial charge in [0.15, 0.2) is 0 Å². The lowest BCUT2D eigenvalue weighted by Crippen LogP contribution is -2.40. The van der Waals surface area contributed by atoms with E-state index in [-0.39, 0.29) is 10.8 Å². The summed E-state index contributed by atoms with van der Waals surface area (Å²) >= 11 is 0. The van der Waals surface area contributed by atoms with Crippen LogP contribution in [0.5, 0.6) is 0 Å². The molecule has 0 atom stereocenters. The highest BCUT2D eigenvalue weighted by Gasteiger charge is 2.53. The van der Waals surface area contributed by atoms with Gasteiger partial charge in [0, 0.05) is 27.9 Å². The molecule has 324 valence electrons. The Hall–Kier alpha value is -8.00. The first-order valence-electron chi connectivity index (χ1n) is 24.1. The van der Waals surface area contributed by atoms with Crippen LogP contribution in [0.3, 0.4) is 0 Å². The Balaban J connectivity index is 0.930. The number of rotatable bonds is 6. The fraction of sp³-hybridized carbons (Fsp3) is 0.104. The van der Waals surface area contributed by atoms with Crippen LogP contribution in [-0.2, 0) is 16.2 Å². The summed E-state index contributed by atoms with van der Waals surface area (Å²) in [7, 11) is 0. The van der Waals surface area contributed by atoms with Crippen molar-refractivity contribution in [2.24, 2.45) is 0 Å². The van der Waals surface area contributed by atoms with Gasteiger partial charge in [-0.2, -0.15) is 0 Å². The third-order valence-corrected chi connectivity index (χ3v) is 15.8. The second kappa shape index (κ2) is 15.0. The molecule has 0 N–H and O–H groups in total. The van der Waals surface area contributed by atoms with Crippen LogP contribution in [0, 0.1) is 0 Å². The molecule has 0 aromatic heterocycles. The maximum Gasteiger partial charge on any atom is 0.0719 e. The van der Waals surface area contributed by atoms with Crippen molar-refractivity contribution >= 4 is 17.1 Å². The zero-order valence-corrected chi connectivity index (χ0v) is 39.0. The van der Waals surface area contributed by atoms with Crippen LogP contribution in [-0.4, -0.2) is 0 Å². The summed E-state index contributed by atoms with van der Waals surface area (Å²) in [6.45, 7) is 9.62. The zero-order valence-electron chi connectivity index (χ0n) is 39.0. The molecule has 0 unspecified atom stereocenters. The number of hydrogen-bond acceptors (Lipinski definition) is 1. The second-order valence-electron chi connectivity index (χ2n) is 20.0. The van der Waals surface area contributed by atoms with E-state index in [2.05, 4.69) is 269 Å². The number of benzene rings is 10. The normalized spacial score (nSPS) is 14.8. The Labute approximate surface area is 400 Å². The Kier molecular flexibility index (Phi) is 8.89. The standard InChI is InChI=1S/C67H51N/c1-65(2)57-25-13-15-27-59(57)67(60-28-16-14-26-58(60)65)56-24-12-11-22-55(56)64-52(23-17-29-61(64)67)48-34-40-53-54-41-39-51(43-63(54)66(3,4)62(53)42-48)68(49-35-30-46(31-36-49)44-18-7-5-8-19-44)50-37-32-47(33-38-50)45-20-9-6-10-21-45/h5-43H,1-4H3. The lowest BCUT2D eigenvalue weighted by atomic mass is 9.55. The number of nitrogens with zero attached hydrogens (tertiary/aromatic N) is 1. The molecule has 0 amide bonds. The molecule has 10 aromatic rings. The number of hydrogen-bond donors (Lipinski definition) is 0. The summed E-state index contributed by atoms with van der Waals surface area (Å²) in [5.41, 5.74) is 26.3. The average molecular weight is 870 g/mol. The summed E-state index contributed by atoms with van der Waals surface area (Å²) in [6.07, 6.45) is 0. The van der Waals surface area contributed by atoms with Crippen molar-refractivity contribution in [1.82, 2.24) is 0 Å². The molecule has 0 saturated heterocycles. The molecule has 1 spiro atoms. The van der Waals surface area contributed by atoms with Gasteiger partial charge in [0.25, 0.3) is 0 Å². The first kappa shape index (κ1) is 40.3. The second-order valence-corrected chi connectivity index (χ2v) is 20.0. The van der Waals surface area contributed by atoms with Crippen LogP contribution < -0.4 is 4.90 Å². The molecular weight excluding hydrogens is 819 g/mol. The monoisotopic (exact) mass is 869 g/mol. The van der Waals surface area contributed by atoms with Gasteiger partial charge in [0.05, 0.1) is 5.41 Å². The highest BCUT2D eigenvalue weighted by molar-refractivity contribution is 5.98. The maximum atomic E-state index is 2.51. The van der Waals surface area contributed by atoms with Crippen molar-refractivity contribution < 1.29 is 0 Å². The highest BCUT2D eigenvalue weighted by atomic mass is 15.1. The van der Waals surface area contributed by atoms with E-state index in [0.29, 0.717) is 0 Å². The molecule has 10 aromatic carbocycles. The Morgan fingerprint density at radius 2 is 0.647 bits per heavy atom. The summed E-state index contributed by atoms with van der Waals surface area (Å²) in [5.74, 6) is 0. The maximum absolute atomic E-state index is 2.51. The Morgan fingerprint density at radius 3 is 1.22 bits per heavy atom.